The van der Waals surface area contributed by atoms with Crippen molar-refractivity contribution in [1.29, 1.82) is 0 Å². The third-order valence-corrected chi connectivity index (χ3v) is 3.54. The topological polar surface area (TPSA) is 25.2 Å². The minimum Gasteiger partial charge on any atom is -0.469 e. The van der Waals surface area contributed by atoms with Gasteiger partial charge in [0.2, 0.25) is 0 Å². The van der Waals surface area contributed by atoms with Crippen molar-refractivity contribution < 1.29 is 4.42 Å². The summed E-state index contributed by atoms with van der Waals surface area (Å²) >= 11 is 0. The number of nitrogens with one attached hydrogen (secondary N) is 1. The highest BCUT2D eigenvalue weighted by Crippen LogP contribution is 2.40. The van der Waals surface area contributed by atoms with Gasteiger partial charge in [-0.2, -0.15) is 0 Å². The normalized spacial score (nSPS) is 30.9. The van der Waals surface area contributed by atoms with Crippen LogP contribution in [0, 0.1) is 0 Å². The fraction of sp³-hybridized carbons (Fsp3) is 0.692. The van der Waals surface area contributed by atoms with Crippen molar-refractivity contribution >= 4 is 0 Å². The second-order valence-corrected chi connectivity index (χ2v) is 4.93. The highest BCUT2D eigenvalue weighted by atomic mass is 16.3. The molecular weight excluding hydrogens is 186 g/mol. The van der Waals surface area contributed by atoms with E-state index in [1.807, 2.05) is 6.07 Å². The minimum atomic E-state index is 0.259. The Balaban J connectivity index is 1.96. The van der Waals surface area contributed by atoms with Crippen LogP contribution in [0.2, 0.25) is 0 Å². The van der Waals surface area contributed by atoms with E-state index in [-0.39, 0.29) is 5.41 Å². The van der Waals surface area contributed by atoms with E-state index < -0.39 is 0 Å². The lowest BCUT2D eigenvalue weighted by Crippen LogP contribution is -2.29. The Morgan fingerprint density at radius 1 is 1.60 bits per heavy atom. The van der Waals surface area contributed by atoms with Gasteiger partial charge in [0.15, 0.2) is 0 Å². The lowest BCUT2D eigenvalue weighted by atomic mass is 9.86. The van der Waals surface area contributed by atoms with E-state index in [9.17, 15) is 0 Å². The smallest absolute Gasteiger partial charge is 0.109 e. The molecule has 2 atom stereocenters. The molecule has 1 aromatic heterocycles. The van der Waals surface area contributed by atoms with Crippen LogP contribution in [-0.2, 0) is 5.41 Å². The lowest BCUT2D eigenvalue weighted by Gasteiger charge is -2.21. The van der Waals surface area contributed by atoms with E-state index >= 15 is 0 Å². The van der Waals surface area contributed by atoms with E-state index in [0.717, 1.165) is 12.3 Å². The first-order chi connectivity index (χ1) is 7.24. The average Bonchev–Trinajstić information content (AvgIpc) is 2.84. The largest absolute Gasteiger partial charge is 0.469 e. The number of hydrogen-bond acceptors (Lipinski definition) is 2. The molecule has 1 heterocycles. The van der Waals surface area contributed by atoms with Crippen molar-refractivity contribution in [3.05, 3.63) is 24.2 Å². The standard InChI is InChI=1S/C13H21NO/c1-3-8-14-11-6-7-13(2,10-11)12-5-4-9-15-12/h4-5,9,11,14H,3,6-8,10H2,1-2H3. The van der Waals surface area contributed by atoms with E-state index in [1.165, 1.54) is 25.7 Å². The van der Waals surface area contributed by atoms with Crippen LogP contribution in [0.3, 0.4) is 0 Å². The van der Waals surface area contributed by atoms with E-state index in [1.54, 1.807) is 6.26 Å². The fourth-order valence-electron chi connectivity index (χ4n) is 2.61. The Bertz CT molecular complexity index is 293. The highest BCUT2D eigenvalue weighted by Gasteiger charge is 2.38. The van der Waals surface area contributed by atoms with Gasteiger partial charge in [-0.25, -0.2) is 0 Å². The van der Waals surface area contributed by atoms with Crippen LogP contribution in [0.4, 0.5) is 0 Å². The molecule has 2 rings (SSSR count). The summed E-state index contributed by atoms with van der Waals surface area (Å²) in [5.41, 5.74) is 0.259. The summed E-state index contributed by atoms with van der Waals surface area (Å²) in [6, 6.07) is 4.79. The summed E-state index contributed by atoms with van der Waals surface area (Å²) in [5, 5.41) is 3.61. The van der Waals surface area contributed by atoms with Gasteiger partial charge < -0.3 is 9.73 Å². The molecule has 1 N–H and O–H groups in total. The Kier molecular flexibility index (Phi) is 3.15. The summed E-state index contributed by atoms with van der Waals surface area (Å²) in [6.07, 6.45) is 6.72. The predicted molar refractivity (Wildman–Crippen MR) is 62.0 cm³/mol. The predicted octanol–water partition coefficient (Wildman–Crippen LogP) is 3.09. The summed E-state index contributed by atoms with van der Waals surface area (Å²) in [6.45, 7) is 5.67. The fourth-order valence-corrected chi connectivity index (χ4v) is 2.61. The molecule has 15 heavy (non-hydrogen) atoms. The van der Waals surface area contributed by atoms with Crippen LogP contribution in [-0.4, -0.2) is 12.6 Å². The number of furan rings is 1. The van der Waals surface area contributed by atoms with E-state index in [2.05, 4.69) is 25.2 Å². The number of hydrogen-bond donors (Lipinski definition) is 1. The highest BCUT2D eigenvalue weighted by molar-refractivity contribution is 5.16. The molecule has 0 bridgehead atoms. The maximum atomic E-state index is 5.55. The molecule has 0 aromatic carbocycles. The van der Waals surface area contributed by atoms with Gasteiger partial charge in [0, 0.05) is 11.5 Å². The molecule has 2 heteroatoms. The first-order valence-electron chi connectivity index (χ1n) is 6.02. The third-order valence-electron chi connectivity index (χ3n) is 3.54. The molecule has 0 saturated heterocycles. The van der Waals surface area contributed by atoms with Crippen LogP contribution in [0.25, 0.3) is 0 Å². The Morgan fingerprint density at radius 2 is 2.47 bits per heavy atom. The molecule has 0 aliphatic heterocycles. The van der Waals surface area contributed by atoms with Crippen molar-refractivity contribution in [2.24, 2.45) is 0 Å². The molecule has 0 amide bonds. The van der Waals surface area contributed by atoms with Gasteiger partial charge in [0.25, 0.3) is 0 Å². The van der Waals surface area contributed by atoms with Gasteiger partial charge in [-0.3, -0.25) is 0 Å². The van der Waals surface area contributed by atoms with Gasteiger partial charge in [-0.05, 0) is 44.4 Å². The molecule has 1 fully saturated rings. The zero-order valence-corrected chi connectivity index (χ0v) is 9.75. The summed E-state index contributed by atoms with van der Waals surface area (Å²) in [7, 11) is 0. The maximum absolute atomic E-state index is 5.55. The molecule has 1 aliphatic rings. The Labute approximate surface area is 92.1 Å². The lowest BCUT2D eigenvalue weighted by molar-refractivity contribution is 0.356. The summed E-state index contributed by atoms with van der Waals surface area (Å²) in [4.78, 5) is 0. The zero-order chi connectivity index (χ0) is 10.7. The van der Waals surface area contributed by atoms with E-state index in [0.29, 0.717) is 6.04 Å². The number of rotatable bonds is 4. The van der Waals surface area contributed by atoms with Crippen molar-refractivity contribution in [2.45, 2.75) is 51.0 Å². The molecule has 1 saturated carbocycles. The maximum Gasteiger partial charge on any atom is 0.109 e. The minimum absolute atomic E-state index is 0.259. The van der Waals surface area contributed by atoms with Crippen molar-refractivity contribution in [3.63, 3.8) is 0 Å². The van der Waals surface area contributed by atoms with Crippen molar-refractivity contribution in [1.82, 2.24) is 5.32 Å². The first kappa shape index (κ1) is 10.7. The van der Waals surface area contributed by atoms with Crippen LogP contribution >= 0.6 is 0 Å². The summed E-state index contributed by atoms with van der Waals surface area (Å²) < 4.78 is 5.55. The van der Waals surface area contributed by atoms with E-state index in [4.69, 9.17) is 4.42 Å². The van der Waals surface area contributed by atoms with Crippen LogP contribution in [0.5, 0.6) is 0 Å². The van der Waals surface area contributed by atoms with Gasteiger partial charge in [0.1, 0.15) is 5.76 Å². The molecule has 0 radical (unpaired) electrons. The zero-order valence-electron chi connectivity index (χ0n) is 9.75. The van der Waals surface area contributed by atoms with Crippen LogP contribution in [0.1, 0.15) is 45.3 Å². The van der Waals surface area contributed by atoms with Gasteiger partial charge in [0.05, 0.1) is 6.26 Å². The Morgan fingerprint density at radius 3 is 3.13 bits per heavy atom. The second kappa shape index (κ2) is 4.40. The molecule has 2 nitrogen and oxygen atoms in total. The van der Waals surface area contributed by atoms with Gasteiger partial charge in [-0.1, -0.05) is 13.8 Å². The molecular formula is C13H21NO. The monoisotopic (exact) mass is 207 g/mol. The quantitative estimate of drug-likeness (QED) is 0.820. The second-order valence-electron chi connectivity index (χ2n) is 4.93. The first-order valence-corrected chi connectivity index (χ1v) is 6.02. The molecule has 1 aromatic rings. The molecule has 1 aliphatic carbocycles. The Hall–Kier alpha value is -0.760. The van der Waals surface area contributed by atoms with Crippen molar-refractivity contribution in [3.8, 4) is 0 Å². The van der Waals surface area contributed by atoms with Crippen LogP contribution < -0.4 is 5.32 Å². The third kappa shape index (κ3) is 2.25. The molecule has 84 valence electrons. The van der Waals surface area contributed by atoms with Gasteiger partial charge in [-0.15, -0.1) is 0 Å². The van der Waals surface area contributed by atoms with Crippen LogP contribution in [0.15, 0.2) is 22.8 Å². The van der Waals surface area contributed by atoms with Gasteiger partial charge >= 0.3 is 0 Å². The SMILES string of the molecule is CCCNC1CCC(C)(c2ccco2)C1. The molecule has 0 spiro atoms. The van der Waals surface area contributed by atoms with Crippen molar-refractivity contribution in [2.75, 3.05) is 6.54 Å². The average molecular weight is 207 g/mol. The summed E-state index contributed by atoms with van der Waals surface area (Å²) in [5.74, 6) is 1.16. The molecule has 2 unspecified atom stereocenters.